The van der Waals surface area contributed by atoms with Crippen LogP contribution in [0.1, 0.15) is 198 Å². The number of rotatable bonds is 42. The second-order valence-corrected chi connectivity index (χ2v) is 17.2. The summed E-state index contributed by atoms with van der Waals surface area (Å²) < 4.78 is 28.6. The summed E-state index contributed by atoms with van der Waals surface area (Å²) in [5.74, 6) is -0.384. The van der Waals surface area contributed by atoms with E-state index in [1.165, 1.54) is 60.8 Å². The molecule has 0 heterocycles. The second-order valence-electron chi connectivity index (χ2n) is 17.2. The van der Waals surface area contributed by atoms with Crippen LogP contribution >= 0.6 is 0 Å². The molecule has 0 fully saturated rings. The van der Waals surface area contributed by atoms with Crippen LogP contribution in [0.4, 0.5) is 0 Å². The molecule has 1 aromatic carbocycles. The minimum Gasteiger partial charge on any atom is -0.461 e. The average molecular weight is 870 g/mol. The topological polar surface area (TPSA) is 101 Å². The van der Waals surface area contributed by atoms with E-state index in [1.807, 2.05) is 14.1 Å². The van der Waals surface area contributed by atoms with Gasteiger partial charge in [0.25, 0.3) is 0 Å². The highest BCUT2D eigenvalue weighted by Crippen LogP contribution is 2.19. The van der Waals surface area contributed by atoms with Gasteiger partial charge in [-0.05, 0) is 146 Å². The molecule has 1 aromatic rings. The van der Waals surface area contributed by atoms with Gasteiger partial charge in [0.05, 0.1) is 0 Å². The molecule has 1 rings (SSSR count). The van der Waals surface area contributed by atoms with Crippen molar-refractivity contribution in [3.8, 4) is 0 Å². The second kappa shape index (κ2) is 40.7. The average Bonchev–Trinajstić information content (AvgIpc) is 3.25. The Morgan fingerprint density at radius 2 is 0.968 bits per heavy atom. The lowest BCUT2D eigenvalue weighted by molar-refractivity contribution is -0.145. The summed E-state index contributed by atoms with van der Waals surface area (Å²) in [6, 6.07) is 6.55. The van der Waals surface area contributed by atoms with Gasteiger partial charge in [-0.25, -0.2) is 0 Å². The highest BCUT2D eigenvalue weighted by molar-refractivity contribution is 5.70. The Labute approximate surface area is 379 Å². The number of carbonyl (C=O) groups is 3. The van der Waals surface area contributed by atoms with E-state index in [4.69, 9.17) is 23.7 Å². The lowest BCUT2D eigenvalue weighted by Crippen LogP contribution is -2.15. The molecule has 62 heavy (non-hydrogen) atoms. The molecule has 0 unspecified atom stereocenters. The molecule has 0 bridgehead atoms. The first-order chi connectivity index (χ1) is 30.2. The Balaban J connectivity index is 2.39. The van der Waals surface area contributed by atoms with Crippen LogP contribution in [0.25, 0.3) is 0 Å². The van der Waals surface area contributed by atoms with E-state index in [2.05, 4.69) is 62.9 Å². The molecule has 356 valence electrons. The fourth-order valence-corrected chi connectivity index (χ4v) is 7.38. The summed E-state index contributed by atoms with van der Waals surface area (Å²) in [6.07, 6.45) is 29.3. The van der Waals surface area contributed by atoms with Gasteiger partial charge in [-0.3, -0.25) is 14.4 Å². The van der Waals surface area contributed by atoms with E-state index in [1.54, 1.807) is 0 Å². The minimum absolute atomic E-state index is 0.110. The third-order valence-corrected chi connectivity index (χ3v) is 11.1. The number of hydrogen-bond acceptors (Lipinski definition) is 9. The third-order valence-electron chi connectivity index (χ3n) is 11.1. The summed E-state index contributed by atoms with van der Waals surface area (Å²) in [5.41, 5.74) is 6.30. The maximum absolute atomic E-state index is 12.5. The molecule has 0 aliphatic carbocycles. The van der Waals surface area contributed by atoms with Crippen LogP contribution in [-0.2, 0) is 57.5 Å². The summed E-state index contributed by atoms with van der Waals surface area (Å²) in [7, 11) is 4.02. The smallest absolute Gasteiger partial charge is 0.306 e. The lowest BCUT2D eigenvalue weighted by Gasteiger charge is -2.14. The zero-order valence-corrected chi connectivity index (χ0v) is 40.6. The van der Waals surface area contributed by atoms with E-state index in [9.17, 15) is 14.4 Å². The normalized spacial score (nSPS) is 12.0. The molecule has 9 heteroatoms. The summed E-state index contributed by atoms with van der Waals surface area (Å²) in [4.78, 5) is 39.0. The van der Waals surface area contributed by atoms with E-state index >= 15 is 0 Å². The lowest BCUT2D eigenvalue weighted by atomic mass is 9.98. The van der Waals surface area contributed by atoms with Gasteiger partial charge in [0, 0.05) is 45.7 Å². The molecule has 0 spiro atoms. The zero-order valence-electron chi connectivity index (χ0n) is 40.6. The quantitative estimate of drug-likeness (QED) is 0.0275. The Bertz CT molecular complexity index is 1340. The maximum atomic E-state index is 12.5. The van der Waals surface area contributed by atoms with Gasteiger partial charge in [-0.15, -0.1) is 0 Å². The molecule has 0 aliphatic heterocycles. The number of benzene rings is 1. The first-order valence-corrected chi connectivity index (χ1v) is 25.0. The molecule has 0 aliphatic rings. The van der Waals surface area contributed by atoms with Crippen LogP contribution in [0.5, 0.6) is 0 Å². The molecule has 0 N–H and O–H groups in total. The molecule has 0 atom stereocenters. The van der Waals surface area contributed by atoms with Gasteiger partial charge in [0.2, 0.25) is 0 Å². The van der Waals surface area contributed by atoms with Crippen molar-refractivity contribution in [1.82, 2.24) is 4.90 Å². The van der Waals surface area contributed by atoms with Crippen LogP contribution in [0.15, 0.2) is 41.5 Å². The third kappa shape index (κ3) is 33.5. The molecule has 0 radical (unpaired) electrons. The fraction of sp³-hybridized carbons (Fsp3) is 0.755. The largest absolute Gasteiger partial charge is 0.461 e. The molecule has 9 nitrogen and oxygen atoms in total. The molecule has 0 aromatic heterocycles. The van der Waals surface area contributed by atoms with Crippen molar-refractivity contribution in [2.75, 3.05) is 60.3 Å². The van der Waals surface area contributed by atoms with Gasteiger partial charge in [0.15, 0.2) is 0 Å². The molecular formula is C53H91NO8. The Hall–Kier alpha value is -3.01. The van der Waals surface area contributed by atoms with Crippen LogP contribution in [0.3, 0.4) is 0 Å². The number of nitrogens with zero attached hydrogens (tertiary/aromatic N) is 1. The van der Waals surface area contributed by atoms with Gasteiger partial charge >= 0.3 is 17.9 Å². The van der Waals surface area contributed by atoms with Crippen LogP contribution in [0, 0.1) is 0 Å². The van der Waals surface area contributed by atoms with E-state index < -0.39 is 0 Å². The monoisotopic (exact) mass is 870 g/mol. The molecule has 0 saturated carbocycles. The van der Waals surface area contributed by atoms with Crippen molar-refractivity contribution in [3.05, 3.63) is 58.2 Å². The van der Waals surface area contributed by atoms with Crippen molar-refractivity contribution < 1.29 is 38.1 Å². The summed E-state index contributed by atoms with van der Waals surface area (Å²) >= 11 is 0. The molecule has 0 amide bonds. The van der Waals surface area contributed by atoms with Crippen molar-refractivity contribution in [1.29, 1.82) is 0 Å². The number of allylic oxidation sites excluding steroid dienone is 2. The zero-order chi connectivity index (χ0) is 45.3. The summed E-state index contributed by atoms with van der Waals surface area (Å²) in [6.45, 7) is 13.5. The molecular weight excluding hydrogens is 779 g/mol. The highest BCUT2D eigenvalue weighted by Gasteiger charge is 2.10. The Morgan fingerprint density at radius 1 is 0.484 bits per heavy atom. The van der Waals surface area contributed by atoms with Crippen LogP contribution < -0.4 is 0 Å². The van der Waals surface area contributed by atoms with E-state index in [-0.39, 0.29) is 24.5 Å². The van der Waals surface area contributed by atoms with Crippen LogP contribution in [0.2, 0.25) is 0 Å². The number of ether oxygens (including phenoxy) is 5. The van der Waals surface area contributed by atoms with E-state index in [0.29, 0.717) is 58.9 Å². The first-order valence-electron chi connectivity index (χ1n) is 25.0. The van der Waals surface area contributed by atoms with Gasteiger partial charge in [0.1, 0.15) is 19.8 Å². The van der Waals surface area contributed by atoms with Crippen molar-refractivity contribution in [2.45, 2.75) is 201 Å². The standard InChI is InChI=1S/C53H91NO8/c1-7-11-15-26-46(24-9-3)35-42-60-51(55)30-17-13-19-38-58-40-22-28-48-33-34-49(50(44-48)45-62-53(57)32-21-37-54(5)6)29-23-41-59-39-20-14-18-31-52(56)61-43-36-47(25-10-4)27-16-12-8-2/h33-36,44H,7-32,37-43,45H2,1-6H3/b46-35+,47-36+. The van der Waals surface area contributed by atoms with Crippen molar-refractivity contribution in [2.24, 2.45) is 0 Å². The maximum Gasteiger partial charge on any atom is 0.306 e. The van der Waals surface area contributed by atoms with Crippen molar-refractivity contribution in [3.63, 3.8) is 0 Å². The minimum atomic E-state index is -0.160. The number of esters is 3. The number of hydrogen-bond donors (Lipinski definition) is 0. The Kier molecular flexibility index (Phi) is 37.5. The van der Waals surface area contributed by atoms with Gasteiger partial charge in [-0.1, -0.05) is 108 Å². The predicted octanol–water partition coefficient (Wildman–Crippen LogP) is 12.8. The number of aryl methyl sites for hydroxylation is 2. The van der Waals surface area contributed by atoms with E-state index in [0.717, 1.165) is 121 Å². The van der Waals surface area contributed by atoms with Gasteiger partial charge in [-0.2, -0.15) is 0 Å². The predicted molar refractivity (Wildman–Crippen MR) is 255 cm³/mol. The fourth-order valence-electron chi connectivity index (χ4n) is 7.38. The number of unbranched alkanes of at least 4 members (excludes halogenated alkanes) is 8. The Morgan fingerprint density at radius 3 is 1.48 bits per heavy atom. The SMILES string of the molecule is CCCCC/C(=C/COC(=O)CCCCCOCCCc1ccc(CCCOCCCCCC(=O)OC/C=C(\CCC)CCCCC)c(COC(=O)CCCN(C)C)c1)CCC. The van der Waals surface area contributed by atoms with Crippen molar-refractivity contribution >= 4 is 17.9 Å². The van der Waals surface area contributed by atoms with Gasteiger partial charge < -0.3 is 28.6 Å². The van der Waals surface area contributed by atoms with Crippen LogP contribution in [-0.4, -0.2) is 83.1 Å². The first kappa shape index (κ1) is 57.0. The molecule has 0 saturated heterocycles. The number of carbonyl (C=O) groups excluding carboxylic acids is 3. The summed E-state index contributed by atoms with van der Waals surface area (Å²) in [5, 5.41) is 0. The highest BCUT2D eigenvalue weighted by atomic mass is 16.5.